The van der Waals surface area contributed by atoms with Gasteiger partial charge in [0.25, 0.3) is 15.9 Å². The molecular formula is C19H23FN2O4S. The van der Waals surface area contributed by atoms with E-state index in [9.17, 15) is 17.6 Å². The van der Waals surface area contributed by atoms with Gasteiger partial charge in [-0.25, -0.2) is 12.8 Å². The fourth-order valence-electron chi connectivity index (χ4n) is 2.32. The van der Waals surface area contributed by atoms with E-state index in [4.69, 9.17) is 4.74 Å². The van der Waals surface area contributed by atoms with Gasteiger partial charge < -0.3 is 4.74 Å². The zero-order chi connectivity index (χ0) is 19.7. The second-order valence-electron chi connectivity index (χ2n) is 5.92. The third-order valence-corrected chi connectivity index (χ3v) is 5.09. The van der Waals surface area contributed by atoms with Crippen LogP contribution in [0.5, 0.6) is 5.75 Å². The molecule has 8 heteroatoms. The minimum Gasteiger partial charge on any atom is -0.494 e. The van der Waals surface area contributed by atoms with Crippen molar-refractivity contribution >= 4 is 15.9 Å². The van der Waals surface area contributed by atoms with Gasteiger partial charge in [-0.15, -0.1) is 4.83 Å². The first-order chi connectivity index (χ1) is 12.9. The van der Waals surface area contributed by atoms with Crippen LogP contribution in [0.3, 0.4) is 0 Å². The molecule has 0 aliphatic heterocycles. The largest absolute Gasteiger partial charge is 0.494 e. The molecule has 0 heterocycles. The van der Waals surface area contributed by atoms with Crippen molar-refractivity contribution in [1.29, 1.82) is 0 Å². The van der Waals surface area contributed by atoms with Gasteiger partial charge in [-0.1, -0.05) is 38.3 Å². The van der Waals surface area contributed by atoms with Gasteiger partial charge in [-0.3, -0.25) is 10.2 Å². The Bertz CT molecular complexity index is 854. The predicted octanol–water partition coefficient (Wildman–Crippen LogP) is 3.41. The number of unbranched alkanes of at least 4 members (excludes halogenated alkanes) is 3. The lowest BCUT2D eigenvalue weighted by Gasteiger charge is -2.10. The molecule has 0 atom stereocenters. The topological polar surface area (TPSA) is 84.5 Å². The van der Waals surface area contributed by atoms with Gasteiger partial charge in [0.15, 0.2) is 0 Å². The molecular weight excluding hydrogens is 371 g/mol. The van der Waals surface area contributed by atoms with Crippen LogP contribution < -0.4 is 15.0 Å². The van der Waals surface area contributed by atoms with Gasteiger partial charge in [-0.2, -0.15) is 0 Å². The van der Waals surface area contributed by atoms with Gasteiger partial charge in [0.1, 0.15) is 16.5 Å². The number of ether oxygens (including phenoxy) is 1. The van der Waals surface area contributed by atoms with Crippen LogP contribution in [0.25, 0.3) is 0 Å². The molecule has 0 saturated heterocycles. The Hall–Kier alpha value is -2.45. The van der Waals surface area contributed by atoms with Crippen LogP contribution in [0.4, 0.5) is 4.39 Å². The summed E-state index contributed by atoms with van der Waals surface area (Å²) in [6.07, 6.45) is 4.41. The number of hydrazine groups is 1. The van der Waals surface area contributed by atoms with Crippen molar-refractivity contribution in [2.45, 2.75) is 37.5 Å². The molecule has 2 rings (SSSR count). The predicted molar refractivity (Wildman–Crippen MR) is 100 cm³/mol. The maximum absolute atomic E-state index is 13.6. The molecule has 1 amide bonds. The normalized spacial score (nSPS) is 11.2. The average Bonchev–Trinajstić information content (AvgIpc) is 2.67. The van der Waals surface area contributed by atoms with Crippen molar-refractivity contribution in [3.05, 3.63) is 59.9 Å². The molecule has 0 spiro atoms. The highest BCUT2D eigenvalue weighted by Crippen LogP contribution is 2.14. The second-order valence-corrected chi connectivity index (χ2v) is 7.57. The number of amides is 1. The van der Waals surface area contributed by atoms with E-state index < -0.39 is 26.6 Å². The Morgan fingerprint density at radius 3 is 2.41 bits per heavy atom. The number of hydrogen-bond donors (Lipinski definition) is 2. The molecule has 0 aliphatic rings. The van der Waals surface area contributed by atoms with E-state index in [1.165, 1.54) is 30.7 Å². The van der Waals surface area contributed by atoms with Crippen molar-refractivity contribution in [1.82, 2.24) is 10.3 Å². The zero-order valence-corrected chi connectivity index (χ0v) is 15.9. The van der Waals surface area contributed by atoms with E-state index in [0.29, 0.717) is 12.4 Å². The summed E-state index contributed by atoms with van der Waals surface area (Å²) < 4.78 is 43.3. The van der Waals surface area contributed by atoms with Crippen LogP contribution in [-0.4, -0.2) is 20.9 Å². The number of rotatable bonds is 10. The molecule has 0 unspecified atom stereocenters. The van der Waals surface area contributed by atoms with Crippen LogP contribution in [0, 0.1) is 5.82 Å². The SMILES string of the molecule is CCCCCCOc1ccc(C(=O)NNS(=O)(=O)c2ccccc2F)cc1. The standard InChI is InChI=1S/C19H23FN2O4S/c1-2-3-4-7-14-26-16-12-10-15(11-13-16)19(23)21-22-27(24,25)18-9-6-5-8-17(18)20/h5-6,8-13,22H,2-4,7,14H2,1H3,(H,21,23). The minimum atomic E-state index is -4.20. The lowest BCUT2D eigenvalue weighted by molar-refractivity contribution is 0.0945. The number of carbonyl (C=O) groups excluding carboxylic acids is 1. The molecule has 2 N–H and O–H groups in total. The van der Waals surface area contributed by atoms with Gasteiger partial charge in [0.2, 0.25) is 0 Å². The van der Waals surface area contributed by atoms with Gasteiger partial charge in [0, 0.05) is 5.56 Å². The quantitative estimate of drug-likeness (QED) is 0.478. The number of sulfonamides is 1. The first-order valence-corrected chi connectivity index (χ1v) is 10.2. The summed E-state index contributed by atoms with van der Waals surface area (Å²) in [6, 6.07) is 11.2. The first kappa shape index (κ1) is 20.9. The van der Waals surface area contributed by atoms with Gasteiger partial charge >= 0.3 is 0 Å². The smallest absolute Gasteiger partial charge is 0.266 e. The fraction of sp³-hybridized carbons (Fsp3) is 0.316. The number of nitrogens with one attached hydrogen (secondary N) is 2. The maximum atomic E-state index is 13.6. The highest BCUT2D eigenvalue weighted by Gasteiger charge is 2.19. The summed E-state index contributed by atoms with van der Waals surface area (Å²) >= 11 is 0. The van der Waals surface area contributed by atoms with Crippen molar-refractivity contribution in [2.24, 2.45) is 0 Å². The van der Waals surface area contributed by atoms with Crippen LogP contribution >= 0.6 is 0 Å². The van der Waals surface area contributed by atoms with Crippen LogP contribution in [0.15, 0.2) is 53.4 Å². The molecule has 0 bridgehead atoms. The van der Waals surface area contributed by atoms with E-state index >= 15 is 0 Å². The molecule has 0 radical (unpaired) electrons. The molecule has 2 aromatic rings. The molecule has 0 fully saturated rings. The lowest BCUT2D eigenvalue weighted by atomic mass is 10.2. The van der Waals surface area contributed by atoms with Crippen molar-refractivity contribution in [3.8, 4) is 5.75 Å². The second kappa shape index (κ2) is 10.0. The summed E-state index contributed by atoms with van der Waals surface area (Å²) in [4.78, 5) is 13.4. The molecule has 6 nitrogen and oxygen atoms in total. The molecule has 27 heavy (non-hydrogen) atoms. The Kier molecular flexibility index (Phi) is 7.75. The Morgan fingerprint density at radius 2 is 1.74 bits per heavy atom. The number of halogens is 1. The monoisotopic (exact) mass is 394 g/mol. The van der Waals surface area contributed by atoms with E-state index in [-0.39, 0.29) is 5.56 Å². The van der Waals surface area contributed by atoms with Crippen molar-refractivity contribution in [3.63, 3.8) is 0 Å². The maximum Gasteiger partial charge on any atom is 0.266 e. The summed E-state index contributed by atoms with van der Waals surface area (Å²) in [7, 11) is -4.20. The minimum absolute atomic E-state index is 0.240. The molecule has 146 valence electrons. The zero-order valence-electron chi connectivity index (χ0n) is 15.1. The summed E-state index contributed by atoms with van der Waals surface area (Å²) in [5.74, 6) is -0.931. The van der Waals surface area contributed by atoms with Gasteiger partial charge in [-0.05, 0) is 42.8 Å². The summed E-state index contributed by atoms with van der Waals surface area (Å²) in [6.45, 7) is 2.75. The molecule has 2 aromatic carbocycles. The third-order valence-electron chi connectivity index (χ3n) is 3.81. The highest BCUT2D eigenvalue weighted by atomic mass is 32.2. The Balaban J connectivity index is 1.88. The van der Waals surface area contributed by atoms with Crippen LogP contribution in [-0.2, 0) is 10.0 Å². The Labute approximate surface area is 158 Å². The van der Waals surface area contributed by atoms with E-state index in [0.717, 1.165) is 31.4 Å². The third kappa shape index (κ3) is 6.33. The van der Waals surface area contributed by atoms with E-state index in [1.807, 2.05) is 4.83 Å². The fourth-order valence-corrected chi connectivity index (χ4v) is 3.24. The average molecular weight is 394 g/mol. The molecule has 0 saturated carbocycles. The first-order valence-electron chi connectivity index (χ1n) is 8.73. The van der Waals surface area contributed by atoms with E-state index in [2.05, 4.69) is 12.3 Å². The van der Waals surface area contributed by atoms with Crippen LogP contribution in [0.2, 0.25) is 0 Å². The number of hydrogen-bond acceptors (Lipinski definition) is 4. The van der Waals surface area contributed by atoms with Gasteiger partial charge in [0.05, 0.1) is 6.61 Å². The van der Waals surface area contributed by atoms with Crippen LogP contribution in [0.1, 0.15) is 43.0 Å². The number of benzene rings is 2. The highest BCUT2D eigenvalue weighted by molar-refractivity contribution is 7.89. The summed E-state index contributed by atoms with van der Waals surface area (Å²) in [5.41, 5.74) is 2.31. The summed E-state index contributed by atoms with van der Waals surface area (Å²) in [5, 5.41) is 0. The lowest BCUT2D eigenvalue weighted by Crippen LogP contribution is -2.41. The Morgan fingerprint density at radius 1 is 1.04 bits per heavy atom. The van der Waals surface area contributed by atoms with Crippen molar-refractivity contribution < 1.29 is 22.3 Å². The van der Waals surface area contributed by atoms with Crippen molar-refractivity contribution in [2.75, 3.05) is 6.61 Å². The molecule has 0 aliphatic carbocycles. The molecule has 0 aromatic heterocycles. The van der Waals surface area contributed by atoms with E-state index in [1.54, 1.807) is 12.1 Å². The number of carbonyl (C=O) groups is 1.